The second-order valence-electron chi connectivity index (χ2n) is 2.15. The molecule has 4 heteroatoms. The van der Waals surface area contributed by atoms with Crippen molar-refractivity contribution < 1.29 is 5.11 Å². The van der Waals surface area contributed by atoms with Crippen LogP contribution in [0.5, 0.6) is 0 Å². The predicted octanol–water partition coefficient (Wildman–Crippen LogP) is 0.852. The summed E-state index contributed by atoms with van der Waals surface area (Å²) >= 11 is 5.63. The number of nitrogens with two attached hydrogens (primary N) is 1. The molecule has 0 atom stereocenters. The summed E-state index contributed by atoms with van der Waals surface area (Å²) < 4.78 is 0. The number of nitrogen functional groups attached to an aromatic ring is 1. The summed E-state index contributed by atoms with van der Waals surface area (Å²) in [5, 5.41) is 8.92. The lowest BCUT2D eigenvalue weighted by Crippen LogP contribution is -1.99. The lowest BCUT2D eigenvalue weighted by Gasteiger charge is -2.03. The molecule has 0 aromatic carbocycles. The number of nitrogens with zero attached hydrogens (tertiary/aromatic N) is 1. The number of anilines is 1. The SMILES string of the molecule is Nc1c(CCO)ccnc1Cl. The third-order valence-corrected chi connectivity index (χ3v) is 1.71. The van der Waals surface area contributed by atoms with Gasteiger partial charge in [-0.2, -0.15) is 0 Å². The zero-order valence-electron chi connectivity index (χ0n) is 5.92. The van der Waals surface area contributed by atoms with Gasteiger partial charge in [-0.1, -0.05) is 11.6 Å². The first kappa shape index (κ1) is 8.30. The zero-order valence-corrected chi connectivity index (χ0v) is 6.67. The topological polar surface area (TPSA) is 59.1 Å². The van der Waals surface area contributed by atoms with E-state index in [4.69, 9.17) is 22.4 Å². The first-order valence-corrected chi connectivity index (χ1v) is 3.63. The van der Waals surface area contributed by atoms with E-state index in [2.05, 4.69) is 4.98 Å². The summed E-state index contributed by atoms with van der Waals surface area (Å²) in [6, 6.07) is 1.75. The minimum atomic E-state index is 0.0740. The molecule has 60 valence electrons. The first-order chi connectivity index (χ1) is 5.25. The van der Waals surface area contributed by atoms with Gasteiger partial charge in [-0.3, -0.25) is 0 Å². The van der Waals surface area contributed by atoms with E-state index in [9.17, 15) is 0 Å². The average Bonchev–Trinajstić information content (AvgIpc) is 1.99. The van der Waals surface area contributed by atoms with Gasteiger partial charge in [0.15, 0.2) is 5.15 Å². The number of aliphatic hydroxyl groups is 1. The van der Waals surface area contributed by atoms with Gasteiger partial charge in [0, 0.05) is 12.8 Å². The first-order valence-electron chi connectivity index (χ1n) is 3.25. The maximum atomic E-state index is 8.62. The maximum Gasteiger partial charge on any atom is 0.152 e. The van der Waals surface area contributed by atoms with Crippen LogP contribution in [-0.4, -0.2) is 16.7 Å². The Morgan fingerprint density at radius 3 is 3.00 bits per heavy atom. The van der Waals surface area contributed by atoms with Gasteiger partial charge in [0.25, 0.3) is 0 Å². The van der Waals surface area contributed by atoms with E-state index in [1.165, 1.54) is 0 Å². The van der Waals surface area contributed by atoms with Crippen LogP contribution in [0.4, 0.5) is 5.69 Å². The second-order valence-corrected chi connectivity index (χ2v) is 2.51. The van der Waals surface area contributed by atoms with Crippen LogP contribution >= 0.6 is 11.6 Å². The Morgan fingerprint density at radius 2 is 2.36 bits per heavy atom. The second kappa shape index (κ2) is 3.55. The monoisotopic (exact) mass is 172 g/mol. The summed E-state index contributed by atoms with van der Waals surface area (Å²) in [6.45, 7) is 0.0740. The highest BCUT2D eigenvalue weighted by Gasteiger charge is 2.01. The number of halogens is 1. The molecule has 0 fully saturated rings. The Morgan fingerprint density at radius 1 is 1.64 bits per heavy atom. The molecule has 0 amide bonds. The van der Waals surface area contributed by atoms with Gasteiger partial charge in [-0.05, 0) is 18.1 Å². The minimum absolute atomic E-state index is 0.0740. The Bertz CT molecular complexity index is 252. The molecule has 11 heavy (non-hydrogen) atoms. The minimum Gasteiger partial charge on any atom is -0.396 e. The van der Waals surface area contributed by atoms with Gasteiger partial charge >= 0.3 is 0 Å². The normalized spacial score (nSPS) is 10.0. The quantitative estimate of drug-likeness (QED) is 0.651. The van der Waals surface area contributed by atoms with Gasteiger partial charge < -0.3 is 10.8 Å². The van der Waals surface area contributed by atoms with Crippen molar-refractivity contribution in [2.45, 2.75) is 6.42 Å². The van der Waals surface area contributed by atoms with Crippen LogP contribution in [0.15, 0.2) is 12.3 Å². The smallest absolute Gasteiger partial charge is 0.152 e. The lowest BCUT2D eigenvalue weighted by molar-refractivity contribution is 0.300. The number of rotatable bonds is 2. The van der Waals surface area contributed by atoms with Crippen LogP contribution in [0.25, 0.3) is 0 Å². The number of pyridine rings is 1. The summed E-state index contributed by atoms with van der Waals surface area (Å²) in [6.07, 6.45) is 2.09. The Hall–Kier alpha value is -0.800. The van der Waals surface area contributed by atoms with E-state index in [0.29, 0.717) is 17.3 Å². The average molecular weight is 173 g/mol. The highest BCUT2D eigenvalue weighted by atomic mass is 35.5. The summed E-state index contributed by atoms with van der Waals surface area (Å²) in [7, 11) is 0. The van der Waals surface area contributed by atoms with E-state index in [1.807, 2.05) is 0 Å². The van der Waals surface area contributed by atoms with E-state index in [1.54, 1.807) is 12.3 Å². The van der Waals surface area contributed by atoms with Crippen molar-refractivity contribution in [3.8, 4) is 0 Å². The molecular weight excluding hydrogens is 164 g/mol. The third kappa shape index (κ3) is 1.82. The highest BCUT2D eigenvalue weighted by molar-refractivity contribution is 6.31. The van der Waals surface area contributed by atoms with Crippen molar-refractivity contribution in [3.05, 3.63) is 23.0 Å². The predicted molar refractivity (Wildman–Crippen MR) is 44.4 cm³/mol. The summed E-state index contributed by atoms with van der Waals surface area (Å²) in [4.78, 5) is 3.78. The molecule has 0 radical (unpaired) electrons. The van der Waals surface area contributed by atoms with Crippen molar-refractivity contribution in [1.29, 1.82) is 0 Å². The van der Waals surface area contributed by atoms with Crippen LogP contribution in [0.1, 0.15) is 5.56 Å². The van der Waals surface area contributed by atoms with Gasteiger partial charge in [0.2, 0.25) is 0 Å². The molecule has 1 rings (SSSR count). The van der Waals surface area contributed by atoms with E-state index >= 15 is 0 Å². The van der Waals surface area contributed by atoms with E-state index in [-0.39, 0.29) is 6.61 Å². The van der Waals surface area contributed by atoms with Gasteiger partial charge in [0.1, 0.15) is 0 Å². The number of hydrogen-bond acceptors (Lipinski definition) is 3. The molecule has 0 unspecified atom stereocenters. The molecule has 1 aromatic rings. The zero-order chi connectivity index (χ0) is 8.27. The fraction of sp³-hybridized carbons (Fsp3) is 0.286. The number of aliphatic hydroxyl groups excluding tert-OH is 1. The largest absolute Gasteiger partial charge is 0.396 e. The molecule has 0 aliphatic carbocycles. The highest BCUT2D eigenvalue weighted by Crippen LogP contribution is 2.19. The Kier molecular flexibility index (Phi) is 2.68. The molecule has 3 N–H and O–H groups in total. The fourth-order valence-electron chi connectivity index (χ4n) is 0.823. The molecule has 0 saturated carbocycles. The van der Waals surface area contributed by atoms with Gasteiger partial charge in [0.05, 0.1) is 5.69 Å². The molecule has 0 aliphatic heterocycles. The van der Waals surface area contributed by atoms with Crippen LogP contribution in [0, 0.1) is 0 Å². The molecule has 1 aromatic heterocycles. The van der Waals surface area contributed by atoms with Crippen molar-refractivity contribution in [1.82, 2.24) is 4.98 Å². The fourth-order valence-corrected chi connectivity index (χ4v) is 1.00. The van der Waals surface area contributed by atoms with Crippen molar-refractivity contribution in [3.63, 3.8) is 0 Å². The molecule has 3 nitrogen and oxygen atoms in total. The molecule has 0 aliphatic rings. The Labute approximate surface area is 69.8 Å². The van der Waals surface area contributed by atoms with E-state index in [0.717, 1.165) is 5.56 Å². The van der Waals surface area contributed by atoms with Crippen molar-refractivity contribution in [2.75, 3.05) is 12.3 Å². The number of hydrogen-bond donors (Lipinski definition) is 2. The van der Waals surface area contributed by atoms with Crippen molar-refractivity contribution in [2.24, 2.45) is 0 Å². The molecule has 0 saturated heterocycles. The number of aromatic nitrogens is 1. The Balaban J connectivity index is 2.96. The lowest BCUT2D eigenvalue weighted by atomic mass is 10.2. The third-order valence-electron chi connectivity index (χ3n) is 1.41. The molecule has 0 spiro atoms. The van der Waals surface area contributed by atoms with Crippen LogP contribution in [-0.2, 0) is 6.42 Å². The van der Waals surface area contributed by atoms with Crippen LogP contribution < -0.4 is 5.73 Å². The molecular formula is C7H9ClN2O. The van der Waals surface area contributed by atoms with Gasteiger partial charge in [-0.15, -0.1) is 0 Å². The maximum absolute atomic E-state index is 8.62. The van der Waals surface area contributed by atoms with Crippen LogP contribution in [0.2, 0.25) is 5.15 Å². The summed E-state index contributed by atoms with van der Waals surface area (Å²) in [5.74, 6) is 0. The van der Waals surface area contributed by atoms with Crippen molar-refractivity contribution >= 4 is 17.3 Å². The van der Waals surface area contributed by atoms with Gasteiger partial charge in [-0.25, -0.2) is 4.98 Å². The summed E-state index contributed by atoms with van der Waals surface area (Å²) in [5.41, 5.74) is 6.86. The van der Waals surface area contributed by atoms with Crippen LogP contribution in [0.3, 0.4) is 0 Å². The molecule has 1 heterocycles. The van der Waals surface area contributed by atoms with E-state index < -0.39 is 0 Å². The standard InChI is InChI=1S/C7H9ClN2O/c8-7-6(9)5(2-4-11)1-3-10-7/h1,3,11H,2,4,9H2. The molecule has 0 bridgehead atoms.